The Morgan fingerprint density at radius 2 is 2.00 bits per heavy atom. The summed E-state index contributed by atoms with van der Waals surface area (Å²) in [5, 5.41) is 12.2. The van der Waals surface area contributed by atoms with E-state index in [2.05, 4.69) is 11.4 Å². The lowest BCUT2D eigenvalue weighted by Crippen LogP contribution is -3.08. The second-order valence-corrected chi connectivity index (χ2v) is 5.95. The maximum absolute atomic E-state index is 12.2. The molecule has 1 amide bonds. The predicted molar refractivity (Wildman–Crippen MR) is 93.2 cm³/mol. The van der Waals surface area contributed by atoms with E-state index in [9.17, 15) is 4.79 Å². The largest absolute Gasteiger partial charge is 0.495 e. The van der Waals surface area contributed by atoms with Crippen LogP contribution in [-0.2, 0) is 11.3 Å². The first-order chi connectivity index (χ1) is 11.5. The van der Waals surface area contributed by atoms with Crippen LogP contribution >= 0.6 is 11.6 Å². The van der Waals surface area contributed by atoms with Gasteiger partial charge in [-0.3, -0.25) is 4.79 Å². The smallest absolute Gasteiger partial charge is 0.279 e. The Kier molecular flexibility index (Phi) is 6.19. The van der Waals surface area contributed by atoms with Gasteiger partial charge in [0, 0.05) is 10.6 Å². The van der Waals surface area contributed by atoms with Gasteiger partial charge in [0.2, 0.25) is 0 Å². The highest BCUT2D eigenvalue weighted by Gasteiger charge is 2.13. The monoisotopic (exact) mass is 344 g/mol. The molecule has 0 bridgehead atoms. The quantitative estimate of drug-likeness (QED) is 0.840. The summed E-state index contributed by atoms with van der Waals surface area (Å²) in [6.07, 6.45) is 0. The highest BCUT2D eigenvalue weighted by molar-refractivity contribution is 6.31. The molecule has 5 nitrogen and oxygen atoms in total. The molecule has 124 valence electrons. The molecule has 6 heteroatoms. The van der Waals surface area contributed by atoms with Crippen LogP contribution in [0.4, 0.5) is 5.69 Å². The summed E-state index contributed by atoms with van der Waals surface area (Å²) in [4.78, 5) is 13.2. The molecule has 2 N–H and O–H groups in total. The van der Waals surface area contributed by atoms with Crippen molar-refractivity contribution in [1.82, 2.24) is 0 Å². The molecule has 0 spiro atoms. The van der Waals surface area contributed by atoms with Crippen molar-refractivity contribution in [3.63, 3.8) is 0 Å². The average molecular weight is 345 g/mol. The normalized spacial score (nSPS) is 11.4. The van der Waals surface area contributed by atoms with Gasteiger partial charge in [-0.15, -0.1) is 0 Å². The minimum absolute atomic E-state index is 0.123. The van der Waals surface area contributed by atoms with Crippen molar-refractivity contribution < 1.29 is 14.4 Å². The molecule has 2 rings (SSSR count). The summed E-state index contributed by atoms with van der Waals surface area (Å²) in [6, 6.07) is 14.5. The van der Waals surface area contributed by atoms with Crippen LogP contribution in [0.1, 0.15) is 11.1 Å². The van der Waals surface area contributed by atoms with Gasteiger partial charge >= 0.3 is 0 Å². The third-order valence-electron chi connectivity index (χ3n) is 3.49. The number of quaternary nitrogens is 1. The van der Waals surface area contributed by atoms with Gasteiger partial charge in [-0.05, 0) is 30.3 Å². The lowest BCUT2D eigenvalue weighted by molar-refractivity contribution is -0.885. The second kappa shape index (κ2) is 8.34. The first-order valence-corrected chi connectivity index (χ1v) is 7.83. The number of anilines is 1. The molecule has 0 radical (unpaired) electrons. The zero-order chi connectivity index (χ0) is 17.5. The zero-order valence-electron chi connectivity index (χ0n) is 13.6. The number of hydrogen-bond donors (Lipinski definition) is 2. The highest BCUT2D eigenvalue weighted by Crippen LogP contribution is 2.27. The second-order valence-electron chi connectivity index (χ2n) is 5.51. The SMILES string of the molecule is COc1ccc(Cl)cc1NC(=O)C[NH+](C)Cc1ccc(C#N)cc1. The van der Waals surface area contributed by atoms with Crippen molar-refractivity contribution in [2.75, 3.05) is 26.0 Å². The Morgan fingerprint density at radius 1 is 1.29 bits per heavy atom. The molecule has 24 heavy (non-hydrogen) atoms. The van der Waals surface area contributed by atoms with Crippen LogP contribution in [0.5, 0.6) is 5.75 Å². The Balaban J connectivity index is 1.94. The fourth-order valence-electron chi connectivity index (χ4n) is 2.35. The maximum Gasteiger partial charge on any atom is 0.279 e. The summed E-state index contributed by atoms with van der Waals surface area (Å²) in [6.45, 7) is 0.988. The van der Waals surface area contributed by atoms with E-state index < -0.39 is 0 Å². The summed E-state index contributed by atoms with van der Waals surface area (Å²) >= 11 is 5.96. The standard InChI is InChI=1S/C18H18ClN3O2/c1-22(11-14-5-3-13(10-20)4-6-14)12-18(23)21-16-9-15(19)7-8-17(16)24-2/h3-9H,11-12H2,1-2H3,(H,21,23)/p+1. The van der Waals surface area contributed by atoms with Gasteiger partial charge in [-0.25, -0.2) is 0 Å². The number of hydrogen-bond acceptors (Lipinski definition) is 3. The summed E-state index contributed by atoms with van der Waals surface area (Å²) in [7, 11) is 3.48. The van der Waals surface area contributed by atoms with Crippen molar-refractivity contribution >= 4 is 23.2 Å². The van der Waals surface area contributed by atoms with Crippen LogP contribution in [-0.4, -0.2) is 26.6 Å². The van der Waals surface area contributed by atoms with Gasteiger partial charge in [-0.1, -0.05) is 23.7 Å². The van der Waals surface area contributed by atoms with Gasteiger partial charge in [0.05, 0.1) is 31.5 Å². The molecule has 0 aromatic heterocycles. The fourth-order valence-corrected chi connectivity index (χ4v) is 2.53. The maximum atomic E-state index is 12.2. The van der Waals surface area contributed by atoms with Crippen molar-refractivity contribution in [3.8, 4) is 11.8 Å². The number of carbonyl (C=O) groups excluding carboxylic acids is 1. The topological polar surface area (TPSA) is 66.6 Å². The molecule has 0 heterocycles. The van der Waals surface area contributed by atoms with E-state index >= 15 is 0 Å². The number of amides is 1. The molecule has 0 saturated carbocycles. The zero-order valence-corrected chi connectivity index (χ0v) is 14.4. The lowest BCUT2D eigenvalue weighted by Gasteiger charge is -2.15. The highest BCUT2D eigenvalue weighted by atomic mass is 35.5. The van der Waals surface area contributed by atoms with Crippen molar-refractivity contribution in [2.24, 2.45) is 0 Å². The Hall–Kier alpha value is -2.55. The van der Waals surface area contributed by atoms with E-state index in [1.807, 2.05) is 19.2 Å². The first-order valence-electron chi connectivity index (χ1n) is 7.45. The van der Waals surface area contributed by atoms with Gasteiger partial charge < -0.3 is 15.0 Å². The number of carbonyl (C=O) groups is 1. The number of nitrogens with zero attached hydrogens (tertiary/aromatic N) is 1. The van der Waals surface area contributed by atoms with Crippen LogP contribution in [0.2, 0.25) is 5.02 Å². The van der Waals surface area contributed by atoms with Crippen molar-refractivity contribution in [3.05, 3.63) is 58.6 Å². The fraction of sp³-hybridized carbons (Fsp3) is 0.222. The third-order valence-corrected chi connectivity index (χ3v) is 3.72. The minimum Gasteiger partial charge on any atom is -0.495 e. The van der Waals surface area contributed by atoms with Gasteiger partial charge in [-0.2, -0.15) is 5.26 Å². The summed E-state index contributed by atoms with van der Waals surface area (Å²) in [5.74, 6) is 0.444. The van der Waals surface area contributed by atoms with Gasteiger partial charge in [0.25, 0.3) is 5.91 Å². The van der Waals surface area contributed by atoms with Crippen LogP contribution in [0.25, 0.3) is 0 Å². The number of benzene rings is 2. The van der Waals surface area contributed by atoms with Crippen LogP contribution < -0.4 is 15.0 Å². The minimum atomic E-state index is -0.123. The van der Waals surface area contributed by atoms with E-state index in [1.165, 1.54) is 0 Å². The molecule has 2 aromatic rings. The van der Waals surface area contributed by atoms with E-state index in [1.54, 1.807) is 37.4 Å². The van der Waals surface area contributed by atoms with Gasteiger partial charge in [0.1, 0.15) is 12.3 Å². The Morgan fingerprint density at radius 3 is 2.62 bits per heavy atom. The third kappa shape index (κ3) is 4.98. The number of likely N-dealkylation sites (N-methyl/N-ethyl adjacent to an activating group) is 1. The van der Waals surface area contributed by atoms with E-state index in [4.69, 9.17) is 21.6 Å². The molecule has 0 saturated heterocycles. The molecule has 1 unspecified atom stereocenters. The number of nitrogens with one attached hydrogen (secondary N) is 2. The molecule has 1 atom stereocenters. The number of methoxy groups -OCH3 is 1. The molecule has 0 fully saturated rings. The molecule has 0 aliphatic carbocycles. The Labute approximate surface area is 146 Å². The summed E-state index contributed by atoms with van der Waals surface area (Å²) in [5.41, 5.74) is 2.25. The van der Waals surface area contributed by atoms with Gasteiger partial charge in [0.15, 0.2) is 6.54 Å². The van der Waals surface area contributed by atoms with Crippen molar-refractivity contribution in [1.29, 1.82) is 5.26 Å². The first kappa shape index (κ1) is 17.8. The van der Waals surface area contributed by atoms with Crippen LogP contribution in [0.3, 0.4) is 0 Å². The number of nitriles is 1. The number of ether oxygens (including phenoxy) is 1. The molecule has 0 aliphatic heterocycles. The number of halogens is 1. The average Bonchev–Trinajstić information content (AvgIpc) is 2.55. The van der Waals surface area contributed by atoms with Crippen LogP contribution in [0, 0.1) is 11.3 Å². The van der Waals surface area contributed by atoms with E-state index in [0.29, 0.717) is 35.1 Å². The predicted octanol–water partition coefficient (Wildman–Crippen LogP) is 1.87. The van der Waals surface area contributed by atoms with Crippen molar-refractivity contribution in [2.45, 2.75) is 6.54 Å². The summed E-state index contributed by atoms with van der Waals surface area (Å²) < 4.78 is 5.22. The molecule has 0 aliphatic rings. The van der Waals surface area contributed by atoms with Crippen LogP contribution in [0.15, 0.2) is 42.5 Å². The lowest BCUT2D eigenvalue weighted by atomic mass is 10.1. The molecule has 2 aromatic carbocycles. The van der Waals surface area contributed by atoms with E-state index in [0.717, 1.165) is 10.5 Å². The Bertz CT molecular complexity index is 754. The van der Waals surface area contributed by atoms with E-state index in [-0.39, 0.29) is 5.91 Å². The number of rotatable bonds is 6. The molecular weight excluding hydrogens is 326 g/mol. The molecular formula is C18H19ClN3O2+.